The van der Waals surface area contributed by atoms with Gasteiger partial charge in [-0.3, -0.25) is 4.79 Å². The van der Waals surface area contributed by atoms with Crippen molar-refractivity contribution in [2.45, 2.75) is 25.6 Å². The number of amides is 1. The van der Waals surface area contributed by atoms with Crippen LogP contribution in [0.25, 0.3) is 0 Å². The molecule has 124 valence electrons. The number of hydrogen-bond donors (Lipinski definition) is 2. The second-order valence-electron chi connectivity index (χ2n) is 4.90. The van der Waals surface area contributed by atoms with Crippen molar-refractivity contribution in [2.75, 3.05) is 27.4 Å². The molecule has 0 aliphatic carbocycles. The largest absolute Gasteiger partial charge is 0.497 e. The zero-order chi connectivity index (χ0) is 15.2. The van der Waals surface area contributed by atoms with Gasteiger partial charge in [-0.15, -0.1) is 12.4 Å². The molecule has 0 radical (unpaired) electrons. The average Bonchev–Trinajstić information content (AvgIpc) is 2.52. The molecule has 2 rings (SSSR count). The lowest BCUT2D eigenvalue weighted by Crippen LogP contribution is -2.55. The van der Waals surface area contributed by atoms with Crippen molar-refractivity contribution in [3.63, 3.8) is 0 Å². The van der Waals surface area contributed by atoms with Gasteiger partial charge in [-0.2, -0.15) is 0 Å². The number of nitrogens with one attached hydrogen (secondary N) is 2. The number of carbonyl (C=O) groups excluding carboxylic acids is 1. The highest BCUT2D eigenvalue weighted by molar-refractivity contribution is 5.85. The molecule has 0 unspecified atom stereocenters. The molecular formula is C15H23ClN2O4. The molecule has 2 atom stereocenters. The molecule has 1 saturated heterocycles. The Balaban J connectivity index is 0.00000242. The van der Waals surface area contributed by atoms with Crippen LogP contribution in [0.2, 0.25) is 0 Å². The molecule has 6 nitrogen and oxygen atoms in total. The van der Waals surface area contributed by atoms with Gasteiger partial charge < -0.3 is 24.8 Å². The summed E-state index contributed by atoms with van der Waals surface area (Å²) in [5, 5.41) is 6.07. The van der Waals surface area contributed by atoms with Gasteiger partial charge in [0.25, 0.3) is 0 Å². The first-order chi connectivity index (χ1) is 10.2. The molecule has 7 heteroatoms. The van der Waals surface area contributed by atoms with Gasteiger partial charge >= 0.3 is 0 Å². The number of morpholine rings is 1. The predicted molar refractivity (Wildman–Crippen MR) is 85.8 cm³/mol. The normalized spacial score (nSPS) is 20.7. The molecule has 1 aromatic rings. The summed E-state index contributed by atoms with van der Waals surface area (Å²) < 4.78 is 15.9. The lowest BCUT2D eigenvalue weighted by Gasteiger charge is -2.29. The lowest BCUT2D eigenvalue weighted by atomic mass is 10.1. The molecule has 0 bridgehead atoms. The number of benzene rings is 1. The van der Waals surface area contributed by atoms with Crippen molar-refractivity contribution in [3.8, 4) is 11.5 Å². The number of ether oxygens (including phenoxy) is 3. The Hall–Kier alpha value is -1.50. The highest BCUT2D eigenvalue weighted by Crippen LogP contribution is 2.24. The van der Waals surface area contributed by atoms with Crippen molar-refractivity contribution in [1.82, 2.24) is 10.6 Å². The van der Waals surface area contributed by atoms with E-state index >= 15 is 0 Å². The molecule has 1 heterocycles. The van der Waals surface area contributed by atoms with Crippen LogP contribution < -0.4 is 20.1 Å². The zero-order valence-electron chi connectivity index (χ0n) is 13.0. The van der Waals surface area contributed by atoms with Crippen LogP contribution in [0.15, 0.2) is 18.2 Å². The Morgan fingerprint density at radius 3 is 2.82 bits per heavy atom. The van der Waals surface area contributed by atoms with E-state index in [9.17, 15) is 4.79 Å². The highest BCUT2D eigenvalue weighted by Gasteiger charge is 2.28. The number of rotatable bonds is 5. The summed E-state index contributed by atoms with van der Waals surface area (Å²) in [5.74, 6) is 1.34. The van der Waals surface area contributed by atoms with E-state index in [-0.39, 0.29) is 30.5 Å². The van der Waals surface area contributed by atoms with Crippen LogP contribution in [0.1, 0.15) is 12.5 Å². The van der Waals surface area contributed by atoms with Gasteiger partial charge in [-0.1, -0.05) is 0 Å². The van der Waals surface area contributed by atoms with Crippen molar-refractivity contribution in [2.24, 2.45) is 0 Å². The fraction of sp³-hybridized carbons (Fsp3) is 0.533. The van der Waals surface area contributed by atoms with Crippen molar-refractivity contribution in [3.05, 3.63) is 23.8 Å². The van der Waals surface area contributed by atoms with E-state index in [0.29, 0.717) is 25.4 Å². The van der Waals surface area contributed by atoms with Gasteiger partial charge in [0.1, 0.15) is 17.5 Å². The summed E-state index contributed by atoms with van der Waals surface area (Å²) in [6.45, 7) is 3.62. The Kier molecular flexibility index (Phi) is 7.44. The second kappa shape index (κ2) is 8.82. The van der Waals surface area contributed by atoms with Gasteiger partial charge in [-0.25, -0.2) is 0 Å². The monoisotopic (exact) mass is 330 g/mol. The van der Waals surface area contributed by atoms with Crippen LogP contribution in [0.4, 0.5) is 0 Å². The number of halogens is 1. The van der Waals surface area contributed by atoms with Crippen LogP contribution in [0, 0.1) is 0 Å². The molecule has 0 spiro atoms. The maximum Gasteiger partial charge on any atom is 0.240 e. The molecule has 1 aliphatic heterocycles. The van der Waals surface area contributed by atoms with Crippen molar-refractivity contribution >= 4 is 18.3 Å². The summed E-state index contributed by atoms with van der Waals surface area (Å²) in [5.41, 5.74) is 0.899. The number of carbonyl (C=O) groups is 1. The Morgan fingerprint density at radius 1 is 1.41 bits per heavy atom. The van der Waals surface area contributed by atoms with Gasteiger partial charge in [0.2, 0.25) is 5.91 Å². The Labute approximate surface area is 136 Å². The second-order valence-corrected chi connectivity index (χ2v) is 4.90. The van der Waals surface area contributed by atoms with Gasteiger partial charge in [0.05, 0.1) is 26.9 Å². The van der Waals surface area contributed by atoms with E-state index in [2.05, 4.69) is 10.6 Å². The first kappa shape index (κ1) is 18.5. The van der Waals surface area contributed by atoms with Crippen LogP contribution in [-0.2, 0) is 16.1 Å². The van der Waals surface area contributed by atoms with Gasteiger partial charge in [0, 0.05) is 24.7 Å². The minimum atomic E-state index is -0.317. The first-order valence-electron chi connectivity index (χ1n) is 6.99. The zero-order valence-corrected chi connectivity index (χ0v) is 13.9. The third-order valence-electron chi connectivity index (χ3n) is 3.55. The summed E-state index contributed by atoms with van der Waals surface area (Å²) in [7, 11) is 3.20. The van der Waals surface area contributed by atoms with Crippen LogP contribution in [0.5, 0.6) is 11.5 Å². The van der Waals surface area contributed by atoms with Crippen LogP contribution >= 0.6 is 12.4 Å². The van der Waals surface area contributed by atoms with Crippen LogP contribution in [-0.4, -0.2) is 45.4 Å². The molecule has 1 aromatic carbocycles. The van der Waals surface area contributed by atoms with E-state index in [4.69, 9.17) is 14.2 Å². The first-order valence-corrected chi connectivity index (χ1v) is 6.99. The molecule has 22 heavy (non-hydrogen) atoms. The number of hydrogen-bond acceptors (Lipinski definition) is 5. The van der Waals surface area contributed by atoms with Gasteiger partial charge in [0.15, 0.2) is 0 Å². The summed E-state index contributed by atoms with van der Waals surface area (Å²) in [6, 6.07) is 5.20. The van der Waals surface area contributed by atoms with E-state index < -0.39 is 0 Å². The lowest BCUT2D eigenvalue weighted by molar-refractivity contribution is -0.129. The summed E-state index contributed by atoms with van der Waals surface area (Å²) >= 11 is 0. The number of methoxy groups -OCH3 is 2. The molecule has 0 saturated carbocycles. The molecule has 0 aromatic heterocycles. The maximum atomic E-state index is 12.2. The SMILES string of the molecule is COc1ccc(CNC(=O)[C@H]2NCCO[C@@H]2C)c(OC)c1.Cl. The highest BCUT2D eigenvalue weighted by atomic mass is 35.5. The van der Waals surface area contributed by atoms with Crippen molar-refractivity contribution in [1.29, 1.82) is 0 Å². The minimum Gasteiger partial charge on any atom is -0.497 e. The smallest absolute Gasteiger partial charge is 0.240 e. The van der Waals surface area contributed by atoms with E-state index in [1.165, 1.54) is 0 Å². The third-order valence-corrected chi connectivity index (χ3v) is 3.55. The molecule has 2 N–H and O–H groups in total. The minimum absolute atomic E-state index is 0. The summed E-state index contributed by atoms with van der Waals surface area (Å²) in [6.07, 6.45) is -0.128. The topological polar surface area (TPSA) is 68.8 Å². The van der Waals surface area contributed by atoms with E-state index in [1.54, 1.807) is 20.3 Å². The standard InChI is InChI=1S/C15H22N2O4.ClH/c1-10-14(16-6-7-21-10)15(18)17-9-11-4-5-12(19-2)8-13(11)20-3;/h4-5,8,10,14,16H,6-7,9H2,1-3H3,(H,17,18);1H/t10-,14+;/m1./s1. The van der Waals surface area contributed by atoms with Gasteiger partial charge in [-0.05, 0) is 19.1 Å². The van der Waals surface area contributed by atoms with Crippen molar-refractivity contribution < 1.29 is 19.0 Å². The fourth-order valence-corrected chi connectivity index (χ4v) is 2.32. The summed E-state index contributed by atoms with van der Waals surface area (Å²) in [4.78, 5) is 12.2. The van der Waals surface area contributed by atoms with E-state index in [0.717, 1.165) is 11.3 Å². The Morgan fingerprint density at radius 2 is 2.18 bits per heavy atom. The molecule has 1 fully saturated rings. The maximum absolute atomic E-state index is 12.2. The average molecular weight is 331 g/mol. The predicted octanol–water partition coefficient (Wildman–Crippen LogP) is 1.12. The van der Waals surface area contributed by atoms with E-state index in [1.807, 2.05) is 19.1 Å². The van der Waals surface area contributed by atoms with Crippen LogP contribution in [0.3, 0.4) is 0 Å². The quantitative estimate of drug-likeness (QED) is 0.846. The molecule has 1 amide bonds. The molecular weight excluding hydrogens is 308 g/mol. The third kappa shape index (κ3) is 4.50. The molecule has 1 aliphatic rings. The Bertz CT molecular complexity index is 498. The fourth-order valence-electron chi connectivity index (χ4n) is 2.32.